The van der Waals surface area contributed by atoms with Gasteiger partial charge >= 0.3 is 0 Å². The van der Waals surface area contributed by atoms with Gasteiger partial charge in [-0.1, -0.05) is 61.2 Å². The number of nitrogens with one attached hydrogen (secondary N) is 1. The van der Waals surface area contributed by atoms with Crippen molar-refractivity contribution in [3.63, 3.8) is 0 Å². The van der Waals surface area contributed by atoms with Gasteiger partial charge in [0, 0.05) is 19.1 Å². The van der Waals surface area contributed by atoms with Crippen molar-refractivity contribution in [2.45, 2.75) is 64.5 Å². The third-order valence-electron chi connectivity index (χ3n) is 6.68. The quantitative estimate of drug-likeness (QED) is 0.697. The van der Waals surface area contributed by atoms with Gasteiger partial charge in [-0.3, -0.25) is 9.69 Å². The van der Waals surface area contributed by atoms with E-state index in [4.69, 9.17) is 11.6 Å². The summed E-state index contributed by atoms with van der Waals surface area (Å²) in [6, 6.07) is 10.5. The summed E-state index contributed by atoms with van der Waals surface area (Å²) in [5.41, 5.74) is 2.29. The Morgan fingerprint density at radius 3 is 2.67 bits per heavy atom. The highest BCUT2D eigenvalue weighted by molar-refractivity contribution is 6.33. The largest absolute Gasteiger partial charge is 0.350 e. The van der Waals surface area contributed by atoms with Crippen LogP contribution < -0.4 is 5.32 Å². The lowest BCUT2D eigenvalue weighted by Crippen LogP contribution is -2.42. The lowest BCUT2D eigenvalue weighted by atomic mass is 9.89. The number of nitrogens with zero attached hydrogens (tertiary/aromatic N) is 3. The molecule has 1 saturated carbocycles. The van der Waals surface area contributed by atoms with E-state index in [2.05, 4.69) is 15.3 Å². The molecule has 0 bridgehead atoms. The smallest absolute Gasteiger partial charge is 0.256 e. The van der Waals surface area contributed by atoms with Crippen molar-refractivity contribution in [1.82, 2.24) is 20.0 Å². The van der Waals surface area contributed by atoms with E-state index in [1.807, 2.05) is 37.3 Å². The second-order valence-electron chi connectivity index (χ2n) is 8.90. The molecule has 0 unspecified atom stereocenters. The first-order valence-electron chi connectivity index (χ1n) is 11.4. The molecule has 6 heteroatoms. The van der Waals surface area contributed by atoms with E-state index in [0.29, 0.717) is 35.5 Å². The highest BCUT2D eigenvalue weighted by Crippen LogP contribution is 2.27. The maximum absolute atomic E-state index is 12.9. The van der Waals surface area contributed by atoms with Crippen molar-refractivity contribution in [2.24, 2.45) is 5.92 Å². The fourth-order valence-corrected chi connectivity index (χ4v) is 5.36. The minimum Gasteiger partial charge on any atom is -0.350 e. The first kappa shape index (κ1) is 21.4. The van der Waals surface area contributed by atoms with E-state index in [1.54, 1.807) is 4.68 Å². The van der Waals surface area contributed by atoms with Crippen LogP contribution >= 0.6 is 11.6 Å². The Morgan fingerprint density at radius 1 is 1.13 bits per heavy atom. The van der Waals surface area contributed by atoms with Crippen LogP contribution in [0.1, 0.15) is 66.6 Å². The lowest BCUT2D eigenvalue weighted by Gasteiger charge is -2.31. The van der Waals surface area contributed by atoms with Gasteiger partial charge in [0.1, 0.15) is 5.15 Å². The molecule has 0 spiro atoms. The maximum Gasteiger partial charge on any atom is 0.256 e. The van der Waals surface area contributed by atoms with Crippen LogP contribution in [0.2, 0.25) is 5.15 Å². The molecular weight excluding hydrogens is 396 g/mol. The van der Waals surface area contributed by atoms with Gasteiger partial charge < -0.3 is 5.32 Å². The molecule has 2 aromatic rings. The molecule has 1 saturated heterocycles. The average molecular weight is 429 g/mol. The summed E-state index contributed by atoms with van der Waals surface area (Å²) in [5.74, 6) is 0.726. The highest BCUT2D eigenvalue weighted by atomic mass is 35.5. The summed E-state index contributed by atoms with van der Waals surface area (Å²) < 4.78 is 1.71. The minimum absolute atomic E-state index is 0.110. The van der Waals surface area contributed by atoms with Gasteiger partial charge in [-0.15, -0.1) is 0 Å². The van der Waals surface area contributed by atoms with Crippen molar-refractivity contribution in [1.29, 1.82) is 0 Å². The Balaban J connectivity index is 1.35. The Kier molecular flexibility index (Phi) is 7.11. The normalized spacial score (nSPS) is 20.5. The van der Waals surface area contributed by atoms with Gasteiger partial charge in [0.15, 0.2) is 0 Å². The molecule has 2 heterocycles. The first-order valence-corrected chi connectivity index (χ1v) is 11.8. The van der Waals surface area contributed by atoms with Crippen LogP contribution in [0.25, 0.3) is 0 Å². The molecule has 2 fully saturated rings. The maximum atomic E-state index is 12.9. The summed E-state index contributed by atoms with van der Waals surface area (Å²) >= 11 is 6.56. The predicted octanol–water partition coefficient (Wildman–Crippen LogP) is 4.67. The SMILES string of the molecule is Cc1nn(Cc2ccccc2)c(Cl)c1C(=O)NC[C@H]1CCCN1CC1CCCCC1. The Bertz CT molecular complexity index is 844. The number of carbonyl (C=O) groups excluding carboxylic acids is 1. The lowest BCUT2D eigenvalue weighted by molar-refractivity contribution is 0.0936. The zero-order valence-corrected chi connectivity index (χ0v) is 18.7. The summed E-state index contributed by atoms with van der Waals surface area (Å²) in [6.07, 6.45) is 9.27. The molecule has 1 aliphatic carbocycles. The van der Waals surface area contributed by atoms with E-state index in [0.717, 1.165) is 24.4 Å². The van der Waals surface area contributed by atoms with Gasteiger partial charge in [0.05, 0.1) is 17.8 Å². The zero-order chi connectivity index (χ0) is 20.9. The van der Waals surface area contributed by atoms with Gasteiger partial charge in [-0.25, -0.2) is 4.68 Å². The fourth-order valence-electron chi connectivity index (χ4n) is 5.04. The second-order valence-corrected chi connectivity index (χ2v) is 9.26. The third-order valence-corrected chi connectivity index (χ3v) is 7.07. The van der Waals surface area contributed by atoms with Gasteiger partial charge in [-0.05, 0) is 50.6 Å². The van der Waals surface area contributed by atoms with E-state index < -0.39 is 0 Å². The molecule has 2 aliphatic rings. The molecule has 1 aliphatic heterocycles. The van der Waals surface area contributed by atoms with Crippen molar-refractivity contribution in [3.8, 4) is 0 Å². The van der Waals surface area contributed by atoms with Gasteiger partial charge in [0.25, 0.3) is 5.91 Å². The molecule has 1 amide bonds. The topological polar surface area (TPSA) is 50.2 Å². The number of carbonyl (C=O) groups is 1. The standard InChI is InChI=1S/C24H33ClN4O/c1-18-22(23(25)29(27-18)17-20-11-6-3-7-12-20)24(30)26-15-21-13-8-14-28(21)16-19-9-4-2-5-10-19/h3,6-7,11-12,19,21H,2,4-5,8-10,13-17H2,1H3,(H,26,30)/t21-/m1/s1. The number of rotatable bonds is 7. The second kappa shape index (κ2) is 9.97. The van der Waals surface area contributed by atoms with Crippen LogP contribution in [0, 0.1) is 12.8 Å². The molecule has 1 aromatic carbocycles. The molecule has 1 atom stereocenters. The molecule has 0 radical (unpaired) electrons. The molecule has 162 valence electrons. The summed E-state index contributed by atoms with van der Waals surface area (Å²) in [4.78, 5) is 15.5. The molecule has 30 heavy (non-hydrogen) atoms. The summed E-state index contributed by atoms with van der Waals surface area (Å²) in [7, 11) is 0. The van der Waals surface area contributed by atoms with Crippen LogP contribution in [0.5, 0.6) is 0 Å². The van der Waals surface area contributed by atoms with E-state index in [-0.39, 0.29) is 5.91 Å². The van der Waals surface area contributed by atoms with Gasteiger partial charge in [-0.2, -0.15) is 5.10 Å². The number of likely N-dealkylation sites (tertiary alicyclic amines) is 1. The number of aromatic nitrogens is 2. The average Bonchev–Trinajstić information content (AvgIpc) is 3.31. The number of halogens is 1. The number of amides is 1. The van der Waals surface area contributed by atoms with E-state index >= 15 is 0 Å². The highest BCUT2D eigenvalue weighted by Gasteiger charge is 2.28. The molecule has 1 N–H and O–H groups in total. The third kappa shape index (κ3) is 5.06. The van der Waals surface area contributed by atoms with E-state index in [1.165, 1.54) is 45.1 Å². The number of aryl methyl sites for hydroxylation is 1. The zero-order valence-electron chi connectivity index (χ0n) is 17.9. The van der Waals surface area contributed by atoms with Crippen molar-refractivity contribution >= 4 is 17.5 Å². The van der Waals surface area contributed by atoms with Crippen molar-refractivity contribution in [2.75, 3.05) is 19.6 Å². The summed E-state index contributed by atoms with van der Waals surface area (Å²) in [6.45, 7) is 5.45. The molecule has 4 rings (SSSR count). The first-order chi connectivity index (χ1) is 14.6. The number of hydrogen-bond donors (Lipinski definition) is 1. The van der Waals surface area contributed by atoms with Crippen LogP contribution in [0.3, 0.4) is 0 Å². The Morgan fingerprint density at radius 2 is 1.90 bits per heavy atom. The minimum atomic E-state index is -0.110. The molecule has 1 aromatic heterocycles. The van der Waals surface area contributed by atoms with E-state index in [9.17, 15) is 4.79 Å². The predicted molar refractivity (Wildman–Crippen MR) is 121 cm³/mol. The Labute approximate surface area is 184 Å². The van der Waals surface area contributed by atoms with Crippen LogP contribution in [0.15, 0.2) is 30.3 Å². The van der Waals surface area contributed by atoms with Crippen LogP contribution in [-0.2, 0) is 6.54 Å². The Hall–Kier alpha value is -1.85. The summed E-state index contributed by atoms with van der Waals surface area (Å²) in [5, 5.41) is 8.08. The van der Waals surface area contributed by atoms with Gasteiger partial charge in [0.2, 0.25) is 0 Å². The molecular formula is C24H33ClN4O. The molecule has 5 nitrogen and oxygen atoms in total. The fraction of sp³-hybridized carbons (Fsp3) is 0.583. The van der Waals surface area contributed by atoms with Crippen molar-refractivity contribution < 1.29 is 4.79 Å². The number of hydrogen-bond acceptors (Lipinski definition) is 3. The van der Waals surface area contributed by atoms with Crippen molar-refractivity contribution in [3.05, 3.63) is 52.3 Å². The number of benzene rings is 1. The van der Waals surface area contributed by atoms with Crippen LogP contribution in [-0.4, -0.2) is 46.3 Å². The monoisotopic (exact) mass is 428 g/mol. The van der Waals surface area contributed by atoms with Crippen LogP contribution in [0.4, 0.5) is 0 Å².